The third kappa shape index (κ3) is 14.5. The Balaban J connectivity index is 0.000000181. The minimum atomic E-state index is -5.94. The summed E-state index contributed by atoms with van der Waals surface area (Å²) < 4.78 is 90.1. The molecule has 0 spiro atoms. The van der Waals surface area contributed by atoms with Gasteiger partial charge in [-0.3, -0.25) is 27.3 Å². The van der Waals surface area contributed by atoms with Crippen molar-refractivity contribution in [3.8, 4) is 57.0 Å². The van der Waals surface area contributed by atoms with E-state index >= 15 is 0 Å². The number of aliphatic hydroxyl groups excluding tert-OH is 1. The number of Topliss-reactive ketones (excluding diaryl/α,β-unsaturated/α-hetero) is 1. The number of hydrogen-bond acceptors (Lipinski definition) is 21. The molecule has 0 unspecified atom stereocenters. The molecule has 82 heavy (non-hydrogen) atoms. The van der Waals surface area contributed by atoms with Crippen LogP contribution in [0.5, 0.6) is 34.5 Å². The predicted molar refractivity (Wildman–Crippen MR) is 282 cm³/mol. The Kier molecular flexibility index (Phi) is 18.5. The first-order valence-corrected chi connectivity index (χ1v) is 29.9. The minimum Gasteiger partial charge on any atom is -0.488 e. The first-order valence-electron chi connectivity index (χ1n) is 24.7. The maximum absolute atomic E-state index is 14.3. The van der Waals surface area contributed by atoms with E-state index in [1.165, 1.54) is 46.9 Å². The van der Waals surface area contributed by atoms with Crippen molar-refractivity contribution in [1.29, 1.82) is 0 Å². The molecular formula is C55H48F2IN10NaO11S2. The zero-order chi connectivity index (χ0) is 57.2. The number of aliphatic hydroxyl groups is 2. The van der Waals surface area contributed by atoms with E-state index in [0.717, 1.165) is 42.5 Å². The summed E-state index contributed by atoms with van der Waals surface area (Å²) in [5.74, 6) is 4.01. The Hall–Kier alpha value is -6.80. The number of anilines is 2. The third-order valence-electron chi connectivity index (χ3n) is 13.0. The van der Waals surface area contributed by atoms with Crippen LogP contribution in [0.4, 0.5) is 20.4 Å². The van der Waals surface area contributed by atoms with Crippen LogP contribution in [0.15, 0.2) is 122 Å². The fourth-order valence-electron chi connectivity index (χ4n) is 9.24. The van der Waals surface area contributed by atoms with E-state index in [2.05, 4.69) is 19.9 Å². The number of hydrogen-bond donors (Lipinski definition) is 4. The quantitative estimate of drug-likeness (QED) is 0.0763. The zero-order valence-electron chi connectivity index (χ0n) is 43.9. The Morgan fingerprint density at radius 3 is 1.43 bits per heavy atom. The van der Waals surface area contributed by atoms with Crippen molar-refractivity contribution in [2.75, 3.05) is 18.1 Å². The molecule has 0 bridgehead atoms. The van der Waals surface area contributed by atoms with Crippen molar-refractivity contribution in [3.63, 3.8) is 0 Å². The summed E-state index contributed by atoms with van der Waals surface area (Å²) in [4.78, 5) is 40.0. The van der Waals surface area contributed by atoms with Crippen LogP contribution in [0, 0.1) is 25.5 Å². The van der Waals surface area contributed by atoms with Crippen molar-refractivity contribution in [2.24, 2.45) is 0 Å². The Morgan fingerprint density at radius 1 is 0.646 bits per heavy atom. The topological polar surface area (TPSA) is 325 Å². The van der Waals surface area contributed by atoms with Crippen LogP contribution >= 0.6 is 22.7 Å². The maximum Gasteiger partial charge on any atom is 1.00 e. The molecule has 21 nitrogen and oxygen atoms in total. The Morgan fingerprint density at radius 2 is 1.05 bits per heavy atom. The zero-order valence-corrected chi connectivity index (χ0v) is 49.7. The molecule has 6 heterocycles. The van der Waals surface area contributed by atoms with Gasteiger partial charge in [0.15, 0.2) is 0 Å². The monoisotopic (exact) mass is 1280 g/mol. The van der Waals surface area contributed by atoms with Crippen LogP contribution in [-0.4, -0.2) is 66.9 Å². The van der Waals surface area contributed by atoms with Gasteiger partial charge in [-0.15, -0.1) is 22.7 Å². The maximum atomic E-state index is 14.3. The number of carbonyl (C=O) groups excluding carboxylic acids is 1. The van der Waals surface area contributed by atoms with Gasteiger partial charge in [0, 0.05) is 109 Å². The summed E-state index contributed by atoms with van der Waals surface area (Å²) >= 11 is -2.88. The van der Waals surface area contributed by atoms with Crippen LogP contribution in [0.3, 0.4) is 0 Å². The number of nitrogen functional groups attached to an aromatic ring is 2. The molecule has 4 aromatic carbocycles. The van der Waals surface area contributed by atoms with E-state index < -0.39 is 37.3 Å². The fourth-order valence-corrected chi connectivity index (χ4v) is 10.7. The number of fused-ring (bicyclic) bond motifs is 2. The molecular weight excluding hydrogens is 1230 g/mol. The molecule has 2 aliphatic rings. The van der Waals surface area contributed by atoms with Gasteiger partial charge in [0.05, 0.1) is 32.0 Å². The summed E-state index contributed by atoms with van der Waals surface area (Å²) in [6, 6.07) is 23.0. The fraction of sp³-hybridized carbons (Fsp3) is 0.218. The number of carbonyl (C=O) groups is 1. The molecule has 2 fully saturated rings. The number of aromatic nitrogens is 8. The van der Waals surface area contributed by atoms with Crippen LogP contribution in [-0.2, 0) is 18.0 Å². The van der Waals surface area contributed by atoms with Crippen molar-refractivity contribution < 1.29 is 106 Å². The normalized spacial score (nSPS) is 15.8. The van der Waals surface area contributed by atoms with E-state index in [1.807, 2.05) is 53.1 Å². The van der Waals surface area contributed by atoms with Gasteiger partial charge < -0.3 is 40.6 Å². The van der Waals surface area contributed by atoms with Crippen LogP contribution in [0.2, 0.25) is 0 Å². The van der Waals surface area contributed by atoms with Gasteiger partial charge in [-0.05, 0) is 75.2 Å². The van der Waals surface area contributed by atoms with Crippen LogP contribution in [0.1, 0.15) is 68.9 Å². The molecule has 2 saturated carbocycles. The molecule has 27 heteroatoms. The van der Waals surface area contributed by atoms with Crippen molar-refractivity contribution >= 4 is 51.1 Å². The SMILES string of the molecule is Cc1ncc(COc2cc(F)cc(Oc3ccc(-c4nc(C5CC(=O)C5)n5ccnc(N)c45)cc3)c2)s1.Cc1ncc(COc2cc(F)cc(Oc3ccc(-c4nc(C5CC(O)(CO)C5)n5ccnc(N)c45)cc3)c2)s1.[Na+].[O-][I+3]([O-])([O-])[O-]. The van der Waals surface area contributed by atoms with Crippen molar-refractivity contribution in [2.45, 2.75) is 70.2 Å². The second-order valence-corrected chi connectivity index (χ2v) is 23.8. The van der Waals surface area contributed by atoms with Crippen molar-refractivity contribution in [3.05, 3.63) is 165 Å². The molecule has 6 N–H and O–H groups in total. The molecule has 0 aliphatic heterocycles. The smallest absolute Gasteiger partial charge is 0.488 e. The van der Waals surface area contributed by atoms with E-state index in [4.69, 9.17) is 54.1 Å². The first-order chi connectivity index (χ1) is 38.7. The number of benzene rings is 4. The molecule has 10 aromatic rings. The number of ketones is 1. The van der Waals surface area contributed by atoms with Gasteiger partial charge in [0.25, 0.3) is 0 Å². The van der Waals surface area contributed by atoms with Crippen LogP contribution < -0.4 is 93.8 Å². The number of halogens is 3. The summed E-state index contributed by atoms with van der Waals surface area (Å²) in [7, 11) is 0. The molecule has 6 aromatic heterocycles. The van der Waals surface area contributed by atoms with E-state index in [9.17, 15) is 23.8 Å². The third-order valence-corrected chi connectivity index (χ3v) is 14.7. The molecule has 418 valence electrons. The summed E-state index contributed by atoms with van der Waals surface area (Å²) in [6.45, 7) is 4.15. The van der Waals surface area contributed by atoms with Gasteiger partial charge in [-0.25, -0.2) is 38.7 Å². The number of nitrogens with zero attached hydrogens (tertiary/aromatic N) is 8. The molecule has 0 atom stereocenters. The van der Waals surface area contributed by atoms with Gasteiger partial charge in [0.1, 0.15) is 131 Å². The summed E-state index contributed by atoms with van der Waals surface area (Å²) in [5.41, 5.74) is 15.7. The van der Waals surface area contributed by atoms with E-state index in [0.29, 0.717) is 107 Å². The number of nitrogens with two attached hydrogens (primary N) is 2. The molecule has 0 saturated heterocycles. The van der Waals surface area contributed by atoms with E-state index in [1.54, 1.807) is 67.4 Å². The number of ether oxygens (including phenoxy) is 4. The number of aryl methyl sites for hydroxylation is 2. The van der Waals surface area contributed by atoms with E-state index in [-0.39, 0.29) is 53.8 Å². The predicted octanol–water partition coefficient (Wildman–Crippen LogP) is -0.193. The number of imidazole rings is 2. The summed E-state index contributed by atoms with van der Waals surface area (Å²) in [5, 5.41) is 21.6. The van der Waals surface area contributed by atoms with Gasteiger partial charge in [0.2, 0.25) is 0 Å². The van der Waals surface area contributed by atoms with Gasteiger partial charge >= 0.3 is 29.6 Å². The second kappa shape index (κ2) is 25.4. The standard InChI is InChI=1S/C28H26FN5O4S.C27H22FN5O3S.IO4.Na/c1-16-32-13-23(39-16)14-37-21-8-19(29)9-22(10-21)38-20-4-2-17(3-5-20)24-25-26(30)31-6-7-34(25)27(33-24)18-11-28(36,12-18)15-35;1-15-31-13-23(37-15)14-35-21-10-18(28)11-22(12-21)36-20-4-2-16(3-5-20)24-25-26(29)30-6-7-33(25)27(32-24)17-8-19(34)9-17;2-1(3,4)5;/h2-10,13,18,35-36H,11-12,14-15H2,1H3,(H2,30,31);2-7,10-13,17H,8-9,14H2,1H3,(H2,29,30);;/q;;-1;+1. The Labute approximate surface area is 502 Å². The number of rotatable bonds is 15. The summed E-state index contributed by atoms with van der Waals surface area (Å²) in [6.07, 6.45) is 12.1. The number of thiazole rings is 2. The van der Waals surface area contributed by atoms with Gasteiger partial charge in [-0.1, -0.05) is 0 Å². The Bertz CT molecular complexity index is 3880. The molecule has 12 rings (SSSR count). The molecule has 0 radical (unpaired) electrons. The van der Waals surface area contributed by atoms with Gasteiger partial charge in [-0.2, -0.15) is 0 Å². The average molecular weight is 1280 g/mol. The molecule has 0 amide bonds. The van der Waals surface area contributed by atoms with Crippen LogP contribution in [0.25, 0.3) is 33.5 Å². The molecule has 2 aliphatic carbocycles. The largest absolute Gasteiger partial charge is 1.00 e. The second-order valence-electron chi connectivity index (χ2n) is 19.0. The first kappa shape index (κ1) is 59.8. The van der Waals surface area contributed by atoms with Crippen molar-refractivity contribution in [1.82, 2.24) is 38.7 Å². The average Bonchev–Trinajstić information content (AvgIpc) is 4.24. The minimum absolute atomic E-state index is 0.